The minimum atomic E-state index is -0.404. The van der Waals surface area contributed by atoms with Gasteiger partial charge >= 0.3 is 0 Å². The van der Waals surface area contributed by atoms with Crippen molar-refractivity contribution < 1.29 is 14.0 Å². The highest BCUT2D eigenvalue weighted by Gasteiger charge is 2.36. The zero-order chi connectivity index (χ0) is 20.9. The van der Waals surface area contributed by atoms with Gasteiger partial charge in [0, 0.05) is 33.6 Å². The number of hydrogen-bond donors (Lipinski definition) is 2. The van der Waals surface area contributed by atoms with Crippen LogP contribution in [0.3, 0.4) is 0 Å². The summed E-state index contributed by atoms with van der Waals surface area (Å²) < 4.78 is 16.3. The zero-order valence-corrected chi connectivity index (χ0v) is 16.4. The number of rotatable bonds is 0. The van der Waals surface area contributed by atoms with Crippen LogP contribution in [0.25, 0.3) is 49.7 Å². The van der Waals surface area contributed by atoms with E-state index in [2.05, 4.69) is 33.1 Å². The molecule has 0 bridgehead atoms. The Morgan fingerprint density at radius 1 is 0.935 bits per heavy atom. The van der Waals surface area contributed by atoms with Crippen molar-refractivity contribution in [1.82, 2.24) is 14.9 Å². The highest BCUT2D eigenvalue weighted by Crippen LogP contribution is 2.44. The zero-order valence-electron chi connectivity index (χ0n) is 16.4. The molecule has 2 aromatic heterocycles. The fourth-order valence-corrected chi connectivity index (χ4v) is 5.43. The number of halogens is 1. The molecule has 7 rings (SSSR count). The third kappa shape index (κ3) is 1.99. The number of hydrogen-bond acceptors (Lipinski definition) is 2. The average molecular weight is 409 g/mol. The molecule has 2 amide bonds. The molecule has 0 aliphatic carbocycles. The van der Waals surface area contributed by atoms with Gasteiger partial charge in [-0.1, -0.05) is 30.4 Å². The Morgan fingerprint density at radius 3 is 2.65 bits per heavy atom. The molecule has 2 aliphatic rings. The molecule has 2 aliphatic heterocycles. The molecule has 0 unspecified atom stereocenters. The van der Waals surface area contributed by atoms with Gasteiger partial charge in [-0.3, -0.25) is 14.9 Å². The molecular formula is C25H16FN3O2. The fraction of sp³-hybridized carbons (Fsp3) is 0.120. The molecule has 3 aromatic carbocycles. The van der Waals surface area contributed by atoms with Crippen molar-refractivity contribution in [3.8, 4) is 0 Å². The summed E-state index contributed by atoms with van der Waals surface area (Å²) in [5.74, 6) is -1.13. The SMILES string of the molecule is O=C1NC(=O)c2c1c1c3ccc(F)cc3[nH]c1c1c2c2cccc3c2n1CCC/C=C\3. The highest BCUT2D eigenvalue weighted by atomic mass is 19.1. The number of nitrogens with one attached hydrogen (secondary N) is 2. The monoisotopic (exact) mass is 409 g/mol. The number of nitrogens with zero attached hydrogens (tertiary/aromatic N) is 1. The molecule has 150 valence electrons. The van der Waals surface area contributed by atoms with Crippen LogP contribution in [0.15, 0.2) is 42.5 Å². The Balaban J connectivity index is 1.85. The van der Waals surface area contributed by atoms with Crippen molar-refractivity contribution in [3.63, 3.8) is 0 Å². The number of aryl methyl sites for hydroxylation is 1. The van der Waals surface area contributed by atoms with Crippen LogP contribution in [0.1, 0.15) is 39.1 Å². The maximum atomic E-state index is 14.0. The third-order valence-corrected chi connectivity index (χ3v) is 6.59. The molecule has 0 saturated carbocycles. The number of H-pyrrole nitrogens is 1. The first-order valence-corrected chi connectivity index (χ1v) is 10.4. The molecule has 0 fully saturated rings. The van der Waals surface area contributed by atoms with Crippen molar-refractivity contribution >= 4 is 61.5 Å². The predicted molar refractivity (Wildman–Crippen MR) is 119 cm³/mol. The minimum Gasteiger partial charge on any atom is -0.353 e. The van der Waals surface area contributed by atoms with Crippen LogP contribution in [0.5, 0.6) is 0 Å². The van der Waals surface area contributed by atoms with Gasteiger partial charge in [0.15, 0.2) is 0 Å². The van der Waals surface area contributed by atoms with Crippen LogP contribution >= 0.6 is 0 Å². The Kier molecular flexibility index (Phi) is 3.04. The van der Waals surface area contributed by atoms with Gasteiger partial charge in [-0.05, 0) is 36.6 Å². The molecule has 5 aromatic rings. The molecule has 4 heterocycles. The van der Waals surface area contributed by atoms with E-state index >= 15 is 0 Å². The molecule has 2 N–H and O–H groups in total. The van der Waals surface area contributed by atoms with Gasteiger partial charge in [0.25, 0.3) is 11.8 Å². The summed E-state index contributed by atoms with van der Waals surface area (Å²) in [7, 11) is 0. The summed E-state index contributed by atoms with van der Waals surface area (Å²) >= 11 is 0. The standard InChI is InChI=1S/C25H16FN3O2/c26-13-8-9-14-16(11-13)27-21-17(14)19-20(25(31)28-24(19)30)18-15-7-4-6-12-5-2-1-3-10-29(22(12)15)23(18)21/h2,4-9,11,27H,1,3,10H2,(H,28,30,31)/b5-2-. The minimum absolute atomic E-state index is 0.352. The Hall–Kier alpha value is -3.93. The fourth-order valence-electron chi connectivity index (χ4n) is 5.43. The van der Waals surface area contributed by atoms with Crippen LogP contribution in [0.2, 0.25) is 0 Å². The summed E-state index contributed by atoms with van der Waals surface area (Å²) in [6.45, 7) is 0.786. The van der Waals surface area contributed by atoms with E-state index in [4.69, 9.17) is 0 Å². The number of amides is 2. The average Bonchev–Trinajstić information content (AvgIpc) is 3.35. The smallest absolute Gasteiger partial charge is 0.259 e. The number of carbonyl (C=O) groups excluding carboxylic acids is 2. The van der Waals surface area contributed by atoms with Crippen molar-refractivity contribution in [2.75, 3.05) is 0 Å². The second kappa shape index (κ2) is 5.60. The summed E-state index contributed by atoms with van der Waals surface area (Å²) in [5, 5.41) is 5.64. The number of para-hydroxylation sites is 1. The second-order valence-corrected chi connectivity index (χ2v) is 8.26. The summed E-state index contributed by atoms with van der Waals surface area (Å²) in [4.78, 5) is 29.3. The summed E-state index contributed by atoms with van der Waals surface area (Å²) in [6.07, 6.45) is 6.22. The lowest BCUT2D eigenvalue weighted by atomic mass is 9.96. The van der Waals surface area contributed by atoms with E-state index in [0.717, 1.165) is 57.7 Å². The van der Waals surface area contributed by atoms with E-state index in [0.29, 0.717) is 22.0 Å². The van der Waals surface area contributed by atoms with E-state index in [-0.39, 0.29) is 11.7 Å². The number of fused-ring (bicyclic) bond motifs is 10. The molecule has 31 heavy (non-hydrogen) atoms. The number of aromatic amines is 1. The summed E-state index contributed by atoms with van der Waals surface area (Å²) in [6, 6.07) is 10.6. The van der Waals surface area contributed by atoms with Crippen molar-refractivity contribution in [2.24, 2.45) is 0 Å². The van der Waals surface area contributed by atoms with Gasteiger partial charge in [0.05, 0.1) is 27.7 Å². The molecule has 6 heteroatoms. The van der Waals surface area contributed by atoms with Gasteiger partial charge in [0.2, 0.25) is 0 Å². The molecule has 0 spiro atoms. The Morgan fingerprint density at radius 2 is 1.77 bits per heavy atom. The normalized spacial score (nSPS) is 16.8. The van der Waals surface area contributed by atoms with Crippen LogP contribution in [0.4, 0.5) is 4.39 Å². The largest absolute Gasteiger partial charge is 0.353 e. The van der Waals surface area contributed by atoms with Crippen LogP contribution < -0.4 is 5.32 Å². The highest BCUT2D eigenvalue weighted by molar-refractivity contribution is 6.39. The van der Waals surface area contributed by atoms with Crippen molar-refractivity contribution in [3.05, 3.63) is 65.0 Å². The number of carbonyl (C=O) groups is 2. The first kappa shape index (κ1) is 16.8. The van der Waals surface area contributed by atoms with Crippen LogP contribution in [-0.2, 0) is 6.54 Å². The van der Waals surface area contributed by atoms with Gasteiger partial charge in [-0.2, -0.15) is 0 Å². The molecule has 0 radical (unpaired) electrons. The number of benzene rings is 3. The van der Waals surface area contributed by atoms with E-state index in [9.17, 15) is 14.0 Å². The predicted octanol–water partition coefficient (Wildman–Crippen LogP) is 5.26. The van der Waals surface area contributed by atoms with Gasteiger partial charge in [0.1, 0.15) is 5.82 Å². The molecule has 5 nitrogen and oxygen atoms in total. The Labute approximate surface area is 175 Å². The number of aromatic nitrogens is 2. The van der Waals surface area contributed by atoms with E-state index in [1.54, 1.807) is 6.07 Å². The second-order valence-electron chi connectivity index (χ2n) is 8.26. The van der Waals surface area contributed by atoms with E-state index < -0.39 is 5.91 Å². The lowest BCUT2D eigenvalue weighted by Gasteiger charge is -2.12. The van der Waals surface area contributed by atoms with E-state index in [1.807, 2.05) is 12.1 Å². The first-order valence-electron chi connectivity index (χ1n) is 10.4. The maximum absolute atomic E-state index is 14.0. The van der Waals surface area contributed by atoms with Gasteiger partial charge in [-0.25, -0.2) is 4.39 Å². The molecule has 0 saturated heterocycles. The topological polar surface area (TPSA) is 66.9 Å². The molecule has 0 atom stereocenters. The van der Waals surface area contributed by atoms with Gasteiger partial charge in [-0.15, -0.1) is 0 Å². The lowest BCUT2D eigenvalue weighted by Crippen LogP contribution is -2.20. The number of imide groups is 1. The summed E-state index contributed by atoms with van der Waals surface area (Å²) in [5.41, 5.74) is 5.21. The third-order valence-electron chi connectivity index (χ3n) is 6.59. The van der Waals surface area contributed by atoms with Crippen LogP contribution in [-0.4, -0.2) is 21.4 Å². The first-order chi connectivity index (χ1) is 15.1. The molecular weight excluding hydrogens is 393 g/mol. The Bertz CT molecular complexity index is 1690. The van der Waals surface area contributed by atoms with Crippen LogP contribution in [0, 0.1) is 5.82 Å². The number of allylic oxidation sites excluding steroid dienone is 1. The van der Waals surface area contributed by atoms with E-state index in [1.165, 1.54) is 12.1 Å². The van der Waals surface area contributed by atoms with Gasteiger partial charge < -0.3 is 9.55 Å². The lowest BCUT2D eigenvalue weighted by molar-refractivity contribution is 0.0880. The van der Waals surface area contributed by atoms with Crippen molar-refractivity contribution in [1.29, 1.82) is 0 Å². The quantitative estimate of drug-likeness (QED) is 0.343. The maximum Gasteiger partial charge on any atom is 0.259 e. The van der Waals surface area contributed by atoms with Crippen molar-refractivity contribution in [2.45, 2.75) is 19.4 Å².